The molecule has 5 aromatic carbocycles. The molecule has 11 rings (SSSR count). The summed E-state index contributed by atoms with van der Waals surface area (Å²) in [7, 11) is 2.83. The van der Waals surface area contributed by atoms with Gasteiger partial charge in [-0.25, -0.2) is 9.59 Å². The Balaban J connectivity index is 0.000000302. The maximum Gasteiger partial charge on any atom is 0.344 e. The van der Waals surface area contributed by atoms with Gasteiger partial charge >= 0.3 is 23.9 Å². The molecule has 0 radical (unpaired) electrons. The fraction of sp³-hybridized carbons (Fsp3) is 0.308. The lowest BCUT2D eigenvalue weighted by Crippen LogP contribution is -2.26. The summed E-state index contributed by atoms with van der Waals surface area (Å²) in [6.45, 7) is 34.9. The number of carbonyl (C=O) groups excluding carboxylic acids is 6. The molecule has 6 aliphatic rings. The van der Waals surface area contributed by atoms with Gasteiger partial charge in [-0.2, -0.15) is 0 Å². The number of hydrogen-bond donors (Lipinski definition) is 0. The molecule has 0 aliphatic carbocycles. The van der Waals surface area contributed by atoms with E-state index in [4.69, 9.17) is 42.3 Å². The fourth-order valence-corrected chi connectivity index (χ4v) is 8.40. The molecular weight excluding hydrogens is 1280 g/mol. The number of allylic oxidation sites excluding steroid dienone is 4. The minimum absolute atomic E-state index is 0.00171. The molecule has 0 spiro atoms. The maximum absolute atomic E-state index is 11.0. The predicted molar refractivity (Wildman–Crippen MR) is 382 cm³/mol. The monoisotopic (exact) mass is 1380 g/mol. The topological polar surface area (TPSA) is 232 Å². The van der Waals surface area contributed by atoms with Crippen molar-refractivity contribution in [1.82, 2.24) is 0 Å². The van der Waals surface area contributed by atoms with E-state index in [0.717, 1.165) is 54.0 Å². The second-order valence-corrected chi connectivity index (χ2v) is 28.8. The number of rotatable bonds is 12. The molecule has 0 atom stereocenters. The average molecular weight is 1380 g/mol. The third-order valence-corrected chi connectivity index (χ3v) is 13.4. The molecule has 0 bridgehead atoms. The second-order valence-electron chi connectivity index (χ2n) is 24.3. The Labute approximate surface area is 583 Å². The summed E-state index contributed by atoms with van der Waals surface area (Å²) in [5.74, 6) is 6.10. The molecule has 2 fully saturated rings. The largest absolute Gasteiger partial charge is 0.520 e. The Morgan fingerprint density at radius 1 is 0.586 bits per heavy atom. The molecular formula is C78H94O20Si. The molecule has 21 heteroatoms. The van der Waals surface area contributed by atoms with Crippen LogP contribution in [0.5, 0.6) is 34.5 Å². The lowest BCUT2D eigenvalue weighted by molar-refractivity contribution is -0.148. The lowest BCUT2D eigenvalue weighted by Gasteiger charge is -2.23. The number of esters is 4. The zero-order chi connectivity index (χ0) is 73.4. The Kier molecular flexibility index (Phi) is 36.1. The van der Waals surface area contributed by atoms with E-state index in [1.807, 2.05) is 91.0 Å². The van der Waals surface area contributed by atoms with Gasteiger partial charge in [0.1, 0.15) is 48.4 Å². The molecule has 0 N–H and O–H groups in total. The van der Waals surface area contributed by atoms with Gasteiger partial charge in [0.15, 0.2) is 34.6 Å². The van der Waals surface area contributed by atoms with Crippen molar-refractivity contribution in [3.63, 3.8) is 0 Å². The number of ether oxygens (including phenoxy) is 13. The van der Waals surface area contributed by atoms with E-state index >= 15 is 0 Å². The van der Waals surface area contributed by atoms with E-state index in [9.17, 15) is 28.8 Å². The molecule has 6 aliphatic heterocycles. The van der Waals surface area contributed by atoms with Gasteiger partial charge in [0.05, 0.1) is 77.1 Å². The summed E-state index contributed by atoms with van der Waals surface area (Å²) in [5, 5.41) is 0. The van der Waals surface area contributed by atoms with E-state index < -0.39 is 14.3 Å². The quantitative estimate of drug-likeness (QED) is 0.0371. The molecule has 20 nitrogen and oxygen atoms in total. The van der Waals surface area contributed by atoms with Gasteiger partial charge in [-0.15, -0.1) is 0 Å². The first kappa shape index (κ1) is 82.4. The van der Waals surface area contributed by atoms with E-state index in [-0.39, 0.29) is 46.2 Å². The van der Waals surface area contributed by atoms with Crippen LogP contribution in [0.1, 0.15) is 115 Å². The summed E-state index contributed by atoms with van der Waals surface area (Å²) < 4.78 is 70.1. The number of para-hydroxylation sites is 4. The van der Waals surface area contributed by atoms with Gasteiger partial charge in [0.25, 0.3) is 11.9 Å². The number of benzene rings is 5. The van der Waals surface area contributed by atoms with Crippen molar-refractivity contribution in [2.45, 2.75) is 118 Å². The van der Waals surface area contributed by atoms with Gasteiger partial charge in [-0.05, 0) is 141 Å². The molecule has 0 aromatic heterocycles. The van der Waals surface area contributed by atoms with Crippen LogP contribution in [-0.2, 0) is 72.4 Å². The third-order valence-electron chi connectivity index (χ3n) is 12.6. The van der Waals surface area contributed by atoms with Crippen molar-refractivity contribution in [2.24, 2.45) is 0 Å². The zero-order valence-electron chi connectivity index (χ0n) is 59.3. The van der Waals surface area contributed by atoms with Crippen LogP contribution in [0.3, 0.4) is 0 Å². The Morgan fingerprint density at radius 3 is 1.56 bits per heavy atom. The summed E-state index contributed by atoms with van der Waals surface area (Å²) in [5.41, 5.74) is 4.33. The average Bonchev–Trinajstić information content (AvgIpc) is 1.72. The minimum Gasteiger partial charge on any atom is -0.520 e. The Morgan fingerprint density at radius 2 is 1.12 bits per heavy atom. The van der Waals surface area contributed by atoms with E-state index in [0.29, 0.717) is 66.8 Å². The lowest BCUT2D eigenvalue weighted by atomic mass is 9.87. The highest BCUT2D eigenvalue weighted by molar-refractivity contribution is 6.70. The van der Waals surface area contributed by atoms with Crippen molar-refractivity contribution in [1.29, 1.82) is 0 Å². The van der Waals surface area contributed by atoms with Crippen LogP contribution >= 0.6 is 0 Å². The van der Waals surface area contributed by atoms with Crippen molar-refractivity contribution >= 4 is 49.5 Å². The van der Waals surface area contributed by atoms with Crippen LogP contribution in [0, 0.1) is 0 Å². The van der Waals surface area contributed by atoms with Crippen molar-refractivity contribution in [3.05, 3.63) is 248 Å². The number of methoxy groups -OCH3 is 3. The van der Waals surface area contributed by atoms with Crippen LogP contribution in [0.25, 0.3) is 5.76 Å². The SMILES string of the molecule is C1=COc2ccccc2OC1.C=C1CC(=O)O1.C=C1CCC(=O)O1.C=C1OC(=O)c2ccccc21.CC(=O)C=C1Oc2ccccc2O1.CC(C)(C)c1ccc(O/C=C/COc2ccc(C(C)(C)C)cc2)cc1.CO/C=C/C(=O)OC.CO/C=C/C(C)=O.C[Si](C)(C)OC1=CCCCO1. The second kappa shape index (κ2) is 43.4. The zero-order valence-corrected chi connectivity index (χ0v) is 60.3. The van der Waals surface area contributed by atoms with Crippen molar-refractivity contribution in [3.8, 4) is 34.5 Å². The summed E-state index contributed by atoms with van der Waals surface area (Å²) in [6, 6.07) is 38.6. The normalized spacial score (nSPS) is 14.1. The minimum atomic E-state index is -1.44. The molecule has 0 saturated carbocycles. The van der Waals surface area contributed by atoms with Crippen LogP contribution in [0.2, 0.25) is 19.6 Å². The van der Waals surface area contributed by atoms with Gasteiger partial charge < -0.3 is 66.0 Å². The number of ketones is 2. The number of fused-ring (bicyclic) bond motifs is 3. The molecule has 530 valence electrons. The highest BCUT2D eigenvalue weighted by Crippen LogP contribution is 2.36. The molecule has 5 aromatic rings. The Hall–Kier alpha value is -10.8. The molecule has 0 unspecified atom stereocenters. The van der Waals surface area contributed by atoms with E-state index in [1.54, 1.807) is 36.8 Å². The van der Waals surface area contributed by atoms with Crippen molar-refractivity contribution in [2.75, 3.05) is 41.2 Å². The number of cyclic esters (lactones) is 3. The van der Waals surface area contributed by atoms with E-state index in [1.165, 1.54) is 77.1 Å². The smallest absolute Gasteiger partial charge is 0.344 e. The fourth-order valence-electron chi connectivity index (χ4n) is 7.65. The first-order valence-corrected chi connectivity index (χ1v) is 34.9. The maximum atomic E-state index is 11.0. The first-order valence-electron chi connectivity index (χ1n) is 31.5. The van der Waals surface area contributed by atoms with Crippen molar-refractivity contribution < 1.29 is 94.8 Å². The highest BCUT2D eigenvalue weighted by atomic mass is 28.4. The third kappa shape index (κ3) is 35.1. The van der Waals surface area contributed by atoms with Gasteiger partial charge in [-0.1, -0.05) is 128 Å². The molecule has 2 saturated heterocycles. The Bertz CT molecular complexity index is 3550. The number of hydrogen-bond acceptors (Lipinski definition) is 20. The highest BCUT2D eigenvalue weighted by Gasteiger charge is 2.24. The molecule has 99 heavy (non-hydrogen) atoms. The van der Waals surface area contributed by atoms with E-state index in [2.05, 4.69) is 129 Å². The summed E-state index contributed by atoms with van der Waals surface area (Å²) in [6.07, 6.45) is 19.4. The van der Waals surface area contributed by atoms with Crippen LogP contribution in [0.15, 0.2) is 226 Å². The van der Waals surface area contributed by atoms with Crippen LogP contribution < -0.4 is 28.4 Å². The van der Waals surface area contributed by atoms with Crippen LogP contribution in [-0.4, -0.2) is 84.9 Å². The van der Waals surface area contributed by atoms with Gasteiger partial charge in [0.2, 0.25) is 8.32 Å². The van der Waals surface area contributed by atoms with Gasteiger partial charge in [0, 0.05) is 18.1 Å². The predicted octanol–water partition coefficient (Wildman–Crippen LogP) is 16.8. The standard InChI is InChI=1S/C23H30O2.C10H8O3.C9H6O2.C9H8O2.C8H16O2Si.C5H8O3.C5H6O2.C5H8O2.C4H4O2/c1-22(2,3)18-8-12-20(13-9-18)24-16-7-17-25-21-14-10-19(11-15-21)23(4,5)6;1-7(11)6-10-12-8-4-2-3-5-9(8)13-10;1-6-7-4-2-3-5-8(7)9(10)11-6;1-2-5-9-8(4-1)10-6-3-7-11-9;1-11(2,3)10-8-6-4-5-7-9-8;1-7-4-3-5(6)8-2;1-4-2-3-5(6)7-4;1-5(6)3-4-7-2;1-3-2-4(5)6-3/h7-16H,17H2,1-6H3;2-6H,1H3;2-5H,1H2;1-6H,7H2;6H,4-5,7H2,1-3H3;3-4H,1-2H3;1-3H2;3-4H,1-2H3;1-2H2/b16-7+;;;;;4-3+;;4-3+;. The molecule has 0 amide bonds. The number of carbonyl (C=O) groups is 6. The summed E-state index contributed by atoms with van der Waals surface area (Å²) in [4.78, 5) is 61.9. The molecule has 6 heterocycles. The van der Waals surface area contributed by atoms with Gasteiger partial charge in [-0.3, -0.25) is 19.2 Å². The first-order chi connectivity index (χ1) is 46.9. The summed E-state index contributed by atoms with van der Waals surface area (Å²) >= 11 is 0. The van der Waals surface area contributed by atoms with Crippen LogP contribution in [0.4, 0.5) is 0 Å².